The Labute approximate surface area is 189 Å². The Morgan fingerprint density at radius 2 is 2.06 bits per heavy atom. The Kier molecular flexibility index (Phi) is 5.10. The van der Waals surface area contributed by atoms with Crippen molar-refractivity contribution in [2.45, 2.75) is 32.3 Å². The number of hydrogen-bond acceptors (Lipinski definition) is 9. The maximum Gasteiger partial charge on any atom is 0.362 e. The molecule has 5 heterocycles. The molecule has 10 heteroatoms. The van der Waals surface area contributed by atoms with E-state index in [9.17, 15) is 9.59 Å². The molecular weight excluding hydrogens is 450 g/mol. The molecule has 0 bridgehead atoms. The monoisotopic (exact) mass is 469 g/mol. The summed E-state index contributed by atoms with van der Waals surface area (Å²) in [6.45, 7) is 3.53. The highest BCUT2D eigenvalue weighted by Gasteiger charge is 2.39. The van der Waals surface area contributed by atoms with Gasteiger partial charge in [0.05, 0.1) is 6.10 Å². The summed E-state index contributed by atoms with van der Waals surface area (Å²) in [4.78, 5) is 32.4. The molecular formula is C22H19N3O5S2. The van der Waals surface area contributed by atoms with Crippen LogP contribution in [0.15, 0.2) is 48.7 Å². The molecule has 4 aromatic heterocycles. The molecule has 0 saturated heterocycles. The molecule has 164 valence electrons. The van der Waals surface area contributed by atoms with Gasteiger partial charge in [0, 0.05) is 15.7 Å². The number of ether oxygens (including phenoxy) is 1. The van der Waals surface area contributed by atoms with E-state index < -0.39 is 17.5 Å². The van der Waals surface area contributed by atoms with Gasteiger partial charge in [0.2, 0.25) is 11.4 Å². The number of oxazole rings is 2. The van der Waals surface area contributed by atoms with Crippen molar-refractivity contribution in [3.05, 3.63) is 71.8 Å². The van der Waals surface area contributed by atoms with Gasteiger partial charge in [-0.2, -0.15) is 4.98 Å². The van der Waals surface area contributed by atoms with E-state index in [1.54, 1.807) is 31.3 Å². The second-order valence-electron chi connectivity index (χ2n) is 7.52. The van der Waals surface area contributed by atoms with Gasteiger partial charge in [-0.3, -0.25) is 0 Å². The zero-order chi connectivity index (χ0) is 22.4. The van der Waals surface area contributed by atoms with E-state index in [0.717, 1.165) is 9.75 Å². The van der Waals surface area contributed by atoms with Gasteiger partial charge in [0.15, 0.2) is 0 Å². The smallest absolute Gasteiger partial charge is 0.362 e. The Bertz CT molecular complexity index is 1460. The fourth-order valence-electron chi connectivity index (χ4n) is 3.74. The number of nitrogen functional groups attached to an aromatic ring is 1. The van der Waals surface area contributed by atoms with E-state index in [-0.39, 0.29) is 34.5 Å². The van der Waals surface area contributed by atoms with Crippen LogP contribution in [-0.4, -0.2) is 21.6 Å². The van der Waals surface area contributed by atoms with Crippen LogP contribution in [0.4, 0.5) is 6.01 Å². The van der Waals surface area contributed by atoms with Gasteiger partial charge in [-0.05, 0) is 49.2 Å². The van der Waals surface area contributed by atoms with E-state index >= 15 is 0 Å². The van der Waals surface area contributed by atoms with Crippen molar-refractivity contribution >= 4 is 46.3 Å². The average molecular weight is 470 g/mol. The SMILES string of the molecule is CC(C)OC(=O)C1=c2oc(=O)/c(=C\c3cccs3)n2-c2oc(N)nc2[C@H]1Cc1cccs1. The van der Waals surface area contributed by atoms with E-state index in [0.29, 0.717) is 12.1 Å². The van der Waals surface area contributed by atoms with E-state index in [4.69, 9.17) is 19.3 Å². The molecule has 0 fully saturated rings. The minimum absolute atomic E-state index is 0.0566. The number of nitrogens with two attached hydrogens (primary N) is 1. The third-order valence-electron chi connectivity index (χ3n) is 4.98. The van der Waals surface area contributed by atoms with Crippen molar-refractivity contribution in [2.75, 3.05) is 5.73 Å². The molecule has 0 aliphatic carbocycles. The van der Waals surface area contributed by atoms with Crippen LogP contribution in [0.2, 0.25) is 0 Å². The molecule has 0 unspecified atom stereocenters. The van der Waals surface area contributed by atoms with E-state index in [1.807, 2.05) is 35.0 Å². The van der Waals surface area contributed by atoms with Crippen molar-refractivity contribution in [3.63, 3.8) is 0 Å². The third-order valence-corrected chi connectivity index (χ3v) is 6.69. The van der Waals surface area contributed by atoms with Gasteiger partial charge in [0.1, 0.15) is 16.6 Å². The van der Waals surface area contributed by atoms with Crippen LogP contribution >= 0.6 is 22.7 Å². The van der Waals surface area contributed by atoms with Crippen LogP contribution in [0.25, 0.3) is 17.5 Å². The summed E-state index contributed by atoms with van der Waals surface area (Å²) in [6.07, 6.45) is 1.79. The molecule has 0 aromatic carbocycles. The Morgan fingerprint density at radius 1 is 1.28 bits per heavy atom. The lowest BCUT2D eigenvalue weighted by atomic mass is 9.90. The molecule has 4 aromatic rings. The standard InChI is InChI=1S/C22H19N3O5S2/c1-11(2)28-21(27)16-14(9-12-5-3-7-31-12)17-19(30-22(23)24-17)25-15(20(26)29-18(16)25)10-13-6-4-8-32-13/h3-8,10-11,14H,9H2,1-2H3,(H2,23,24)/b15-10+/t14-/m0/s1. The zero-order valence-electron chi connectivity index (χ0n) is 17.2. The number of nitrogens with zero attached hydrogens (tertiary/aromatic N) is 2. The normalized spacial score (nSPS) is 15.8. The molecule has 8 nitrogen and oxygen atoms in total. The lowest BCUT2D eigenvalue weighted by molar-refractivity contribution is -0.140. The van der Waals surface area contributed by atoms with Gasteiger partial charge in [-0.1, -0.05) is 12.1 Å². The topological polar surface area (TPSA) is 113 Å². The van der Waals surface area contributed by atoms with E-state index in [1.165, 1.54) is 15.9 Å². The fourth-order valence-corrected chi connectivity index (χ4v) is 5.15. The van der Waals surface area contributed by atoms with Crippen molar-refractivity contribution in [2.24, 2.45) is 0 Å². The Balaban J connectivity index is 1.84. The van der Waals surface area contributed by atoms with Crippen LogP contribution < -0.4 is 22.3 Å². The van der Waals surface area contributed by atoms with Crippen LogP contribution in [0.3, 0.4) is 0 Å². The Morgan fingerprint density at radius 3 is 2.75 bits per heavy atom. The van der Waals surface area contributed by atoms with Crippen molar-refractivity contribution in [1.29, 1.82) is 0 Å². The number of anilines is 1. The molecule has 0 saturated carbocycles. The second-order valence-corrected chi connectivity index (χ2v) is 9.53. The highest BCUT2D eigenvalue weighted by Crippen LogP contribution is 2.37. The highest BCUT2D eigenvalue weighted by atomic mass is 32.1. The van der Waals surface area contributed by atoms with Crippen molar-refractivity contribution in [3.8, 4) is 5.88 Å². The molecule has 0 amide bonds. The van der Waals surface area contributed by atoms with Crippen LogP contribution in [-0.2, 0) is 16.0 Å². The van der Waals surface area contributed by atoms with Crippen LogP contribution in [0.1, 0.15) is 35.2 Å². The summed E-state index contributed by atoms with van der Waals surface area (Å²) in [5.41, 5.74) is 6.08. The predicted molar refractivity (Wildman–Crippen MR) is 121 cm³/mol. The molecule has 32 heavy (non-hydrogen) atoms. The van der Waals surface area contributed by atoms with E-state index in [2.05, 4.69) is 4.98 Å². The lowest BCUT2D eigenvalue weighted by Gasteiger charge is -2.22. The number of carbonyl (C=O) groups excluding carboxylic acids is 1. The lowest BCUT2D eigenvalue weighted by Crippen LogP contribution is -2.38. The summed E-state index contributed by atoms with van der Waals surface area (Å²) in [7, 11) is 0. The zero-order valence-corrected chi connectivity index (χ0v) is 18.9. The molecule has 0 radical (unpaired) electrons. The first-order valence-corrected chi connectivity index (χ1v) is 11.7. The molecule has 2 N–H and O–H groups in total. The number of aromatic nitrogens is 2. The van der Waals surface area contributed by atoms with Crippen LogP contribution in [0, 0.1) is 0 Å². The fraction of sp³-hybridized carbons (Fsp3) is 0.227. The van der Waals surface area contributed by atoms with Crippen molar-refractivity contribution in [1.82, 2.24) is 9.55 Å². The first kappa shape index (κ1) is 20.5. The number of esters is 1. The number of hydrogen-bond donors (Lipinski definition) is 1. The van der Waals surface area contributed by atoms with Gasteiger partial charge in [-0.15, -0.1) is 22.7 Å². The molecule has 0 spiro atoms. The number of carbonyl (C=O) groups is 1. The molecule has 1 atom stereocenters. The summed E-state index contributed by atoms with van der Waals surface area (Å²) in [5.74, 6) is -0.844. The summed E-state index contributed by atoms with van der Waals surface area (Å²) >= 11 is 3.03. The summed E-state index contributed by atoms with van der Waals surface area (Å²) < 4.78 is 18.4. The number of rotatable bonds is 5. The minimum atomic E-state index is -0.596. The summed E-state index contributed by atoms with van der Waals surface area (Å²) in [5, 5.41) is 4.07. The molecule has 1 aliphatic rings. The van der Waals surface area contributed by atoms with Crippen LogP contribution in [0.5, 0.6) is 0 Å². The van der Waals surface area contributed by atoms with Gasteiger partial charge >= 0.3 is 11.6 Å². The van der Waals surface area contributed by atoms with Gasteiger partial charge in [0.25, 0.3) is 6.01 Å². The quantitative estimate of drug-likeness (QED) is 0.447. The highest BCUT2D eigenvalue weighted by molar-refractivity contribution is 7.10. The molecule has 1 aliphatic heterocycles. The molecule has 5 rings (SSSR count). The second kappa shape index (κ2) is 7.95. The van der Waals surface area contributed by atoms with Gasteiger partial charge in [-0.25, -0.2) is 14.2 Å². The first-order chi connectivity index (χ1) is 15.4. The third kappa shape index (κ3) is 3.51. The number of thiophene rings is 2. The largest absolute Gasteiger partial charge is 0.459 e. The van der Waals surface area contributed by atoms with Gasteiger partial charge < -0.3 is 19.3 Å². The predicted octanol–water partition coefficient (Wildman–Crippen LogP) is 2.39. The maximum absolute atomic E-state index is 13.2. The Hall–Kier alpha value is -3.37. The average Bonchev–Trinajstić information content (AvgIpc) is 3.50. The minimum Gasteiger partial charge on any atom is -0.459 e. The first-order valence-electron chi connectivity index (χ1n) is 9.93. The number of fused-ring (bicyclic) bond motifs is 3. The van der Waals surface area contributed by atoms with Crippen molar-refractivity contribution < 1.29 is 18.4 Å². The maximum atomic E-state index is 13.2. The summed E-state index contributed by atoms with van der Waals surface area (Å²) in [6, 6.07) is 7.60.